The third-order valence-corrected chi connectivity index (χ3v) is 4.04. The Morgan fingerprint density at radius 3 is 2.62 bits per heavy atom. The summed E-state index contributed by atoms with van der Waals surface area (Å²) in [5, 5.41) is 10.5. The number of pyridine rings is 1. The quantitative estimate of drug-likeness (QED) is 0.575. The van der Waals surface area contributed by atoms with Gasteiger partial charge in [-0.15, -0.1) is 5.10 Å². The number of para-hydroxylation sites is 1. The lowest BCUT2D eigenvalue weighted by Gasteiger charge is -2.10. The number of benzene rings is 2. The smallest absolute Gasteiger partial charge is 0.207 e. The molecule has 3 N–H and O–H groups in total. The molecule has 7 heteroatoms. The van der Waals surface area contributed by atoms with Crippen LogP contribution in [0.4, 0.5) is 5.82 Å². The molecule has 26 heavy (non-hydrogen) atoms. The number of H-pyrrole nitrogens is 1. The van der Waals surface area contributed by atoms with Gasteiger partial charge in [0.1, 0.15) is 18.2 Å². The van der Waals surface area contributed by atoms with Gasteiger partial charge in [-0.2, -0.15) is 10.3 Å². The number of nitrogen functional groups attached to an aromatic ring is 1. The van der Waals surface area contributed by atoms with Gasteiger partial charge in [0.2, 0.25) is 5.65 Å². The number of ether oxygens (including phenoxy) is 2. The normalized spacial score (nSPS) is 10.8. The largest absolute Gasteiger partial charge is 0.496 e. The SMILES string of the molecule is COc1ccccc1-c1ccc(COc2cc(N)nc3n[nH]nc23)cc1. The molecule has 2 aromatic carbocycles. The van der Waals surface area contributed by atoms with E-state index in [-0.39, 0.29) is 0 Å². The molecular weight excluding hydrogens is 330 g/mol. The van der Waals surface area contributed by atoms with Crippen molar-refractivity contribution < 1.29 is 9.47 Å². The molecular formula is C19H17N5O2. The molecule has 0 radical (unpaired) electrons. The maximum atomic E-state index is 5.87. The summed E-state index contributed by atoms with van der Waals surface area (Å²) in [5.41, 5.74) is 9.93. The van der Waals surface area contributed by atoms with Crippen LogP contribution < -0.4 is 15.2 Å². The number of nitrogens with two attached hydrogens (primary N) is 1. The van der Waals surface area contributed by atoms with E-state index in [9.17, 15) is 0 Å². The Morgan fingerprint density at radius 2 is 1.81 bits per heavy atom. The van der Waals surface area contributed by atoms with Crippen molar-refractivity contribution in [2.45, 2.75) is 6.61 Å². The van der Waals surface area contributed by atoms with Gasteiger partial charge < -0.3 is 15.2 Å². The van der Waals surface area contributed by atoms with E-state index in [0.717, 1.165) is 22.4 Å². The summed E-state index contributed by atoms with van der Waals surface area (Å²) in [6.07, 6.45) is 0. The Hall–Kier alpha value is -3.61. The van der Waals surface area contributed by atoms with Crippen molar-refractivity contribution in [1.82, 2.24) is 20.4 Å². The van der Waals surface area contributed by atoms with Gasteiger partial charge in [-0.1, -0.05) is 42.5 Å². The summed E-state index contributed by atoms with van der Waals surface area (Å²) in [5.74, 6) is 1.74. The number of nitrogens with one attached hydrogen (secondary N) is 1. The second-order valence-electron chi connectivity index (χ2n) is 5.73. The molecule has 0 aliphatic heterocycles. The number of methoxy groups -OCH3 is 1. The molecule has 0 bridgehead atoms. The van der Waals surface area contributed by atoms with Crippen LogP contribution in [-0.4, -0.2) is 27.5 Å². The highest BCUT2D eigenvalue weighted by atomic mass is 16.5. The summed E-state index contributed by atoms with van der Waals surface area (Å²) in [6.45, 7) is 0.387. The lowest BCUT2D eigenvalue weighted by molar-refractivity contribution is 0.309. The molecule has 7 nitrogen and oxygen atoms in total. The number of aromatic amines is 1. The Labute approximate surface area is 149 Å². The number of anilines is 1. The molecule has 0 fully saturated rings. The highest BCUT2D eigenvalue weighted by Gasteiger charge is 2.10. The number of fused-ring (bicyclic) bond motifs is 1. The average Bonchev–Trinajstić information content (AvgIpc) is 3.15. The minimum atomic E-state index is 0.341. The van der Waals surface area contributed by atoms with E-state index >= 15 is 0 Å². The lowest BCUT2D eigenvalue weighted by Crippen LogP contribution is -1.99. The van der Waals surface area contributed by atoms with Crippen LogP contribution >= 0.6 is 0 Å². The topological polar surface area (TPSA) is 98.9 Å². The third-order valence-electron chi connectivity index (χ3n) is 4.04. The summed E-state index contributed by atoms with van der Waals surface area (Å²) in [4.78, 5) is 4.09. The zero-order chi connectivity index (χ0) is 17.9. The lowest BCUT2D eigenvalue weighted by atomic mass is 10.0. The Balaban J connectivity index is 1.53. The zero-order valence-corrected chi connectivity index (χ0v) is 14.1. The van der Waals surface area contributed by atoms with Crippen molar-refractivity contribution in [1.29, 1.82) is 0 Å². The van der Waals surface area contributed by atoms with E-state index in [4.69, 9.17) is 15.2 Å². The van der Waals surface area contributed by atoms with Crippen molar-refractivity contribution in [3.63, 3.8) is 0 Å². The van der Waals surface area contributed by atoms with E-state index in [1.54, 1.807) is 13.2 Å². The highest BCUT2D eigenvalue weighted by Crippen LogP contribution is 2.30. The third kappa shape index (κ3) is 3.02. The van der Waals surface area contributed by atoms with Crippen LogP contribution in [0, 0.1) is 0 Å². The van der Waals surface area contributed by atoms with Gasteiger partial charge >= 0.3 is 0 Å². The van der Waals surface area contributed by atoms with Crippen LogP contribution in [0.25, 0.3) is 22.3 Å². The molecule has 0 amide bonds. The first kappa shape index (κ1) is 15.9. The maximum Gasteiger partial charge on any atom is 0.207 e. The predicted molar refractivity (Wildman–Crippen MR) is 98.9 cm³/mol. The van der Waals surface area contributed by atoms with E-state index in [2.05, 4.69) is 20.4 Å². The first-order valence-electron chi connectivity index (χ1n) is 8.07. The van der Waals surface area contributed by atoms with Crippen LogP contribution in [0.5, 0.6) is 11.5 Å². The molecule has 0 spiro atoms. The van der Waals surface area contributed by atoms with Gasteiger partial charge in [-0.05, 0) is 17.2 Å². The minimum absolute atomic E-state index is 0.341. The molecule has 130 valence electrons. The second-order valence-corrected chi connectivity index (χ2v) is 5.73. The van der Waals surface area contributed by atoms with Crippen molar-refractivity contribution in [3.8, 4) is 22.6 Å². The zero-order valence-electron chi connectivity index (χ0n) is 14.1. The van der Waals surface area contributed by atoms with Crippen LogP contribution in [0.3, 0.4) is 0 Å². The van der Waals surface area contributed by atoms with Gasteiger partial charge in [0, 0.05) is 11.6 Å². The summed E-state index contributed by atoms with van der Waals surface area (Å²) in [7, 11) is 1.67. The van der Waals surface area contributed by atoms with Gasteiger partial charge in [-0.3, -0.25) is 0 Å². The van der Waals surface area contributed by atoms with E-state index in [1.807, 2.05) is 48.5 Å². The molecule has 2 heterocycles. The number of nitrogens with zero attached hydrogens (tertiary/aromatic N) is 3. The minimum Gasteiger partial charge on any atom is -0.496 e. The van der Waals surface area contributed by atoms with Gasteiger partial charge in [0.25, 0.3) is 0 Å². The summed E-state index contributed by atoms with van der Waals surface area (Å²) >= 11 is 0. The number of rotatable bonds is 5. The fourth-order valence-electron chi connectivity index (χ4n) is 2.76. The number of hydrogen-bond donors (Lipinski definition) is 2. The summed E-state index contributed by atoms with van der Waals surface area (Å²) < 4.78 is 11.3. The van der Waals surface area contributed by atoms with E-state index in [0.29, 0.717) is 29.3 Å². The molecule has 0 aliphatic rings. The molecule has 0 aliphatic carbocycles. The Morgan fingerprint density at radius 1 is 1.00 bits per heavy atom. The first-order chi connectivity index (χ1) is 12.7. The van der Waals surface area contributed by atoms with Crippen molar-refractivity contribution in [2.24, 2.45) is 0 Å². The van der Waals surface area contributed by atoms with Gasteiger partial charge in [-0.25, -0.2) is 4.98 Å². The van der Waals surface area contributed by atoms with Crippen molar-refractivity contribution in [3.05, 3.63) is 60.2 Å². The number of hydrogen-bond acceptors (Lipinski definition) is 6. The maximum absolute atomic E-state index is 5.87. The number of aromatic nitrogens is 4. The molecule has 0 unspecified atom stereocenters. The molecule has 0 saturated carbocycles. The highest BCUT2D eigenvalue weighted by molar-refractivity contribution is 5.78. The van der Waals surface area contributed by atoms with Crippen LogP contribution in [-0.2, 0) is 6.61 Å². The molecule has 0 atom stereocenters. The van der Waals surface area contributed by atoms with E-state index < -0.39 is 0 Å². The van der Waals surface area contributed by atoms with Crippen LogP contribution in [0.1, 0.15) is 5.56 Å². The van der Waals surface area contributed by atoms with Crippen molar-refractivity contribution in [2.75, 3.05) is 12.8 Å². The molecule has 2 aromatic heterocycles. The summed E-state index contributed by atoms with van der Waals surface area (Å²) in [6, 6.07) is 17.7. The Bertz CT molecular complexity index is 1040. The standard InChI is InChI=1S/C19H17N5O2/c1-25-15-5-3-2-4-14(15)13-8-6-12(7-9-13)11-26-16-10-17(20)21-19-18(16)22-24-23-19/h2-10H,11H2,1H3,(H3,20,21,22,23,24). The Kier molecular flexibility index (Phi) is 4.10. The molecule has 4 rings (SSSR count). The predicted octanol–water partition coefficient (Wildman–Crippen LogP) is 3.19. The molecule has 0 saturated heterocycles. The van der Waals surface area contributed by atoms with E-state index in [1.165, 1.54) is 0 Å². The van der Waals surface area contributed by atoms with Gasteiger partial charge in [0.05, 0.1) is 7.11 Å². The second kappa shape index (κ2) is 6.72. The fraction of sp³-hybridized carbons (Fsp3) is 0.105. The monoisotopic (exact) mass is 347 g/mol. The van der Waals surface area contributed by atoms with Gasteiger partial charge in [0.15, 0.2) is 11.3 Å². The van der Waals surface area contributed by atoms with Crippen LogP contribution in [0.2, 0.25) is 0 Å². The first-order valence-corrected chi connectivity index (χ1v) is 8.07. The molecule has 4 aromatic rings. The van der Waals surface area contributed by atoms with Crippen LogP contribution in [0.15, 0.2) is 54.6 Å². The van der Waals surface area contributed by atoms with Crippen molar-refractivity contribution >= 4 is 17.0 Å². The fourth-order valence-corrected chi connectivity index (χ4v) is 2.76. The average molecular weight is 347 g/mol.